The molecule has 0 bridgehead atoms. The molecule has 0 amide bonds. The molecule has 0 fully saturated rings. The molecule has 7 nitrogen and oxygen atoms in total. The van der Waals surface area contributed by atoms with Crippen molar-refractivity contribution >= 4 is 51.2 Å². The summed E-state index contributed by atoms with van der Waals surface area (Å²) in [7, 11) is 0. The predicted octanol–water partition coefficient (Wildman–Crippen LogP) is 7.58. The molecule has 42 heavy (non-hydrogen) atoms. The molecule has 1 aromatic heterocycles. The van der Waals surface area contributed by atoms with Gasteiger partial charge in [-0.05, 0) is 67.4 Å². The minimum atomic E-state index is -0.532. The molecule has 1 aliphatic heterocycles. The van der Waals surface area contributed by atoms with Crippen molar-refractivity contribution in [1.82, 2.24) is 15.2 Å². The molecule has 0 radical (unpaired) electrons. The molecular weight excluding hydrogens is 572 g/mol. The van der Waals surface area contributed by atoms with Gasteiger partial charge < -0.3 is 21.7 Å². The van der Waals surface area contributed by atoms with Crippen molar-refractivity contribution in [3.63, 3.8) is 0 Å². The summed E-state index contributed by atoms with van der Waals surface area (Å²) >= 11 is 12.8. The number of rotatable bonds is 9. The number of nitrogens with one attached hydrogen (secondary N) is 3. The molecule has 0 saturated heterocycles. The molecule has 1 atom stereocenters. The molecule has 2 heterocycles. The van der Waals surface area contributed by atoms with E-state index in [-0.39, 0.29) is 17.1 Å². The van der Waals surface area contributed by atoms with Crippen molar-refractivity contribution in [2.75, 3.05) is 17.2 Å². The Kier molecular flexibility index (Phi) is 8.74. The molecule has 0 spiro atoms. The van der Waals surface area contributed by atoms with Crippen LogP contribution in [0.4, 0.5) is 21.5 Å². The molecule has 3 aromatic carbocycles. The first-order valence-electron chi connectivity index (χ1n) is 13.7. The number of nitriles is 1. The van der Waals surface area contributed by atoms with Crippen molar-refractivity contribution in [1.29, 1.82) is 5.26 Å². The van der Waals surface area contributed by atoms with Gasteiger partial charge in [0.2, 0.25) is 0 Å². The molecule has 1 aliphatic rings. The van der Waals surface area contributed by atoms with Gasteiger partial charge >= 0.3 is 0 Å². The second-order valence-electron chi connectivity index (χ2n) is 10.6. The van der Waals surface area contributed by atoms with Crippen LogP contribution in [0, 0.1) is 17.1 Å². The summed E-state index contributed by atoms with van der Waals surface area (Å²) in [5.41, 5.74) is 13.5. The van der Waals surface area contributed by atoms with Crippen LogP contribution in [0.25, 0.3) is 10.9 Å². The highest BCUT2D eigenvalue weighted by Crippen LogP contribution is 2.38. The van der Waals surface area contributed by atoms with E-state index in [9.17, 15) is 9.65 Å². The first-order chi connectivity index (χ1) is 20.2. The van der Waals surface area contributed by atoms with Gasteiger partial charge in [-0.25, -0.2) is 4.39 Å². The van der Waals surface area contributed by atoms with E-state index >= 15 is 0 Å². The lowest BCUT2D eigenvalue weighted by molar-refractivity contribution is 0.300. The number of nitrogens with zero attached hydrogens (tertiary/aromatic N) is 3. The number of hydrogen-bond acceptors (Lipinski definition) is 7. The lowest BCUT2D eigenvalue weighted by Crippen LogP contribution is -2.25. The summed E-state index contributed by atoms with van der Waals surface area (Å²) in [4.78, 5) is 6.84. The Labute approximate surface area is 255 Å². The summed E-state index contributed by atoms with van der Waals surface area (Å²) in [6.07, 6.45) is 3.31. The van der Waals surface area contributed by atoms with Gasteiger partial charge in [-0.1, -0.05) is 48.3 Å². The van der Waals surface area contributed by atoms with Crippen molar-refractivity contribution in [2.24, 2.45) is 5.73 Å². The van der Waals surface area contributed by atoms with Gasteiger partial charge in [-0.15, -0.1) is 0 Å². The third-order valence-corrected chi connectivity index (χ3v) is 7.88. The Morgan fingerprint density at radius 3 is 2.64 bits per heavy atom. The van der Waals surface area contributed by atoms with Crippen LogP contribution >= 0.6 is 23.2 Å². The summed E-state index contributed by atoms with van der Waals surface area (Å²) in [6, 6.07) is 16.3. The first-order valence-corrected chi connectivity index (χ1v) is 14.5. The summed E-state index contributed by atoms with van der Waals surface area (Å²) < 4.78 is 13.8. The number of benzene rings is 3. The van der Waals surface area contributed by atoms with Gasteiger partial charge in [0.15, 0.2) is 0 Å². The van der Waals surface area contributed by atoms with E-state index in [0.717, 1.165) is 25.2 Å². The maximum absolute atomic E-state index is 13.8. The second-order valence-corrected chi connectivity index (χ2v) is 11.4. The Hall–Kier alpha value is -4.03. The van der Waals surface area contributed by atoms with Gasteiger partial charge in [0.25, 0.3) is 0 Å². The van der Waals surface area contributed by atoms with E-state index in [1.165, 1.54) is 29.5 Å². The highest BCUT2D eigenvalue weighted by molar-refractivity contribution is 6.36. The summed E-state index contributed by atoms with van der Waals surface area (Å²) in [5.74, 6) is -0.532. The predicted molar refractivity (Wildman–Crippen MR) is 169 cm³/mol. The fourth-order valence-corrected chi connectivity index (χ4v) is 5.59. The number of fused-ring (bicyclic) bond motifs is 2. The summed E-state index contributed by atoms with van der Waals surface area (Å²) in [6.45, 7) is 8.96. The third-order valence-electron chi connectivity index (χ3n) is 7.31. The van der Waals surface area contributed by atoms with Gasteiger partial charge in [-0.2, -0.15) is 5.26 Å². The van der Waals surface area contributed by atoms with Crippen LogP contribution < -0.4 is 21.7 Å². The molecule has 5 rings (SSSR count). The van der Waals surface area contributed by atoms with E-state index in [4.69, 9.17) is 28.9 Å². The van der Waals surface area contributed by atoms with Crippen LogP contribution in [0.5, 0.6) is 0 Å². The molecule has 4 aromatic rings. The van der Waals surface area contributed by atoms with Crippen LogP contribution in [-0.4, -0.2) is 22.5 Å². The van der Waals surface area contributed by atoms with E-state index in [1.54, 1.807) is 12.1 Å². The van der Waals surface area contributed by atoms with Gasteiger partial charge in [-0.3, -0.25) is 9.88 Å². The number of aromatic nitrogens is 1. The lowest BCUT2D eigenvalue weighted by atomic mass is 9.95. The zero-order valence-electron chi connectivity index (χ0n) is 23.6. The molecule has 5 N–H and O–H groups in total. The number of halogens is 3. The SMILES string of the molecule is CCN1Cc2cccc(C(Nc3cc(Cl)c4ncc(C#N)c(Nc5ccc(F)c(Cl)c5)c4c3)/C(N)=C/NC(C)C)c2C1. The lowest BCUT2D eigenvalue weighted by Gasteiger charge is -2.25. The Balaban J connectivity index is 1.61. The fraction of sp³-hybridized carbons (Fsp3) is 0.250. The van der Waals surface area contributed by atoms with Gasteiger partial charge in [0, 0.05) is 48.3 Å². The molecule has 1 unspecified atom stereocenters. The van der Waals surface area contributed by atoms with Crippen molar-refractivity contribution in [3.05, 3.63) is 105 Å². The van der Waals surface area contributed by atoms with E-state index in [2.05, 4.69) is 70.9 Å². The number of nitrogens with two attached hydrogens (primary N) is 1. The van der Waals surface area contributed by atoms with Crippen LogP contribution in [0.2, 0.25) is 10.0 Å². The number of pyridine rings is 1. The Morgan fingerprint density at radius 2 is 1.93 bits per heavy atom. The maximum atomic E-state index is 13.8. The van der Waals surface area contributed by atoms with E-state index in [0.29, 0.717) is 44.2 Å². The van der Waals surface area contributed by atoms with Gasteiger partial charge in [0.05, 0.1) is 38.6 Å². The molecule has 216 valence electrons. The highest BCUT2D eigenvalue weighted by Gasteiger charge is 2.26. The molecular formula is C32H32Cl2FN7. The Morgan fingerprint density at radius 1 is 1.14 bits per heavy atom. The zero-order valence-corrected chi connectivity index (χ0v) is 25.1. The number of hydrogen-bond donors (Lipinski definition) is 4. The number of anilines is 3. The summed E-state index contributed by atoms with van der Waals surface area (Å²) in [5, 5.41) is 21.0. The van der Waals surface area contributed by atoms with Crippen LogP contribution in [-0.2, 0) is 13.1 Å². The first kappa shape index (κ1) is 29.5. The van der Waals surface area contributed by atoms with Crippen LogP contribution in [0.3, 0.4) is 0 Å². The molecule has 0 saturated carbocycles. The average Bonchev–Trinajstić information content (AvgIpc) is 3.41. The fourth-order valence-electron chi connectivity index (χ4n) is 5.14. The highest BCUT2D eigenvalue weighted by atomic mass is 35.5. The van der Waals surface area contributed by atoms with E-state index in [1.807, 2.05) is 12.3 Å². The largest absolute Gasteiger partial charge is 0.399 e. The van der Waals surface area contributed by atoms with Crippen molar-refractivity contribution in [2.45, 2.75) is 45.9 Å². The molecule has 10 heteroatoms. The second kappa shape index (κ2) is 12.5. The molecule has 0 aliphatic carbocycles. The average molecular weight is 605 g/mol. The minimum Gasteiger partial charge on any atom is -0.399 e. The van der Waals surface area contributed by atoms with Crippen LogP contribution in [0.15, 0.2) is 66.6 Å². The maximum Gasteiger partial charge on any atom is 0.141 e. The monoisotopic (exact) mass is 603 g/mol. The normalized spacial score (nSPS) is 14.1. The van der Waals surface area contributed by atoms with Gasteiger partial charge in [0.1, 0.15) is 11.9 Å². The topological polar surface area (TPSA) is 102 Å². The Bertz CT molecular complexity index is 1710. The standard InChI is InChI=1S/C32H32Cl2FN7/c1-4-42-16-19-6-5-7-23(25(19)17-42)32(29(37)15-38-18(2)3)41-22-10-24-30(40-21-8-9-28(35)26(33)11-21)20(13-36)14-39-31(24)27(34)12-22/h5-12,14-15,18,32,38,41H,4,16-17,37H2,1-3H3,(H,39,40)/b29-15-. The van der Waals surface area contributed by atoms with Crippen LogP contribution in [0.1, 0.15) is 49.1 Å². The van der Waals surface area contributed by atoms with Crippen molar-refractivity contribution in [3.8, 4) is 6.07 Å². The van der Waals surface area contributed by atoms with E-state index < -0.39 is 5.82 Å². The zero-order chi connectivity index (χ0) is 30.0. The third kappa shape index (κ3) is 6.09. The minimum absolute atomic E-state index is 0.0330. The van der Waals surface area contributed by atoms with Crippen molar-refractivity contribution < 1.29 is 4.39 Å². The quantitative estimate of drug-likeness (QED) is 0.156. The smallest absolute Gasteiger partial charge is 0.141 e.